The van der Waals surface area contributed by atoms with Gasteiger partial charge in [0, 0.05) is 33.7 Å². The molecular formula is C28H28BrClN2O4S. The zero-order chi connectivity index (χ0) is 26.2. The number of nitrogens with zero attached hydrogens (tertiary/aromatic N) is 2. The molecular weight excluding hydrogens is 576 g/mol. The minimum atomic E-state index is -3.71. The normalized spacial score (nSPS) is 18.4. The van der Waals surface area contributed by atoms with Crippen LogP contribution in [-0.4, -0.2) is 54.8 Å². The number of likely N-dealkylation sites (tertiary alicyclic amines) is 1. The fourth-order valence-electron chi connectivity index (χ4n) is 5.19. The predicted octanol–water partition coefficient (Wildman–Crippen LogP) is 5.09. The topological polar surface area (TPSA) is 77.9 Å². The molecule has 37 heavy (non-hydrogen) atoms. The zero-order valence-electron chi connectivity index (χ0n) is 20.2. The number of aliphatic hydroxyl groups is 1. The van der Waals surface area contributed by atoms with Crippen molar-refractivity contribution in [2.75, 3.05) is 26.2 Å². The Kier molecular flexibility index (Phi) is 7.49. The summed E-state index contributed by atoms with van der Waals surface area (Å²) in [5.74, 6) is 0.127. The minimum Gasteiger partial charge on any atom is -0.381 e. The molecule has 2 aliphatic rings. The molecule has 3 aromatic carbocycles. The molecule has 2 fully saturated rings. The van der Waals surface area contributed by atoms with Gasteiger partial charge in [-0.1, -0.05) is 70.0 Å². The van der Waals surface area contributed by atoms with Gasteiger partial charge in [-0.25, -0.2) is 8.42 Å². The molecule has 2 saturated heterocycles. The summed E-state index contributed by atoms with van der Waals surface area (Å²) in [5.41, 5.74) is 0.883. The van der Waals surface area contributed by atoms with Crippen molar-refractivity contribution in [3.05, 3.63) is 99.0 Å². The summed E-state index contributed by atoms with van der Waals surface area (Å²) in [6.07, 6.45) is 2.56. The van der Waals surface area contributed by atoms with E-state index in [0.29, 0.717) is 29.6 Å². The fourth-order valence-corrected chi connectivity index (χ4v) is 7.55. The van der Waals surface area contributed by atoms with Crippen molar-refractivity contribution < 1.29 is 18.3 Å². The number of amides is 1. The second-order valence-corrected chi connectivity index (χ2v) is 13.1. The molecule has 6 nitrogen and oxygen atoms in total. The third-order valence-electron chi connectivity index (χ3n) is 7.28. The lowest BCUT2D eigenvalue weighted by atomic mass is 9.85. The van der Waals surface area contributed by atoms with Gasteiger partial charge < -0.3 is 10.0 Å². The lowest BCUT2D eigenvalue weighted by Crippen LogP contribution is -2.61. The number of piperidine rings is 1. The molecule has 3 aromatic rings. The van der Waals surface area contributed by atoms with Crippen molar-refractivity contribution >= 4 is 43.5 Å². The maximum atomic E-state index is 13.4. The standard InChI is InChI=1S/C28H28BrClN2O4S/c29-23-9-10-25(26(30)17-23)28(34)18-31(19-28)27(33)22-7-4-8-24(16-22)37(35,36)32-13-11-21(12-14-32)15-20-5-2-1-3-6-20/h1-10,16-17,21,34H,11-15,18-19H2. The first-order valence-corrected chi connectivity index (χ1v) is 14.9. The van der Waals surface area contributed by atoms with E-state index in [1.807, 2.05) is 18.2 Å². The van der Waals surface area contributed by atoms with Gasteiger partial charge in [0.2, 0.25) is 10.0 Å². The molecule has 2 heterocycles. The van der Waals surface area contributed by atoms with Gasteiger partial charge in [-0.3, -0.25) is 4.79 Å². The van der Waals surface area contributed by atoms with Gasteiger partial charge in [-0.15, -0.1) is 0 Å². The number of hydrogen-bond acceptors (Lipinski definition) is 4. The fraction of sp³-hybridized carbons (Fsp3) is 0.321. The number of benzene rings is 3. The Bertz CT molecular complexity index is 1400. The first-order chi connectivity index (χ1) is 17.7. The maximum Gasteiger partial charge on any atom is 0.254 e. The van der Waals surface area contributed by atoms with E-state index >= 15 is 0 Å². The van der Waals surface area contributed by atoms with E-state index in [-0.39, 0.29) is 29.5 Å². The first-order valence-electron chi connectivity index (χ1n) is 12.3. The molecule has 1 amide bonds. The van der Waals surface area contributed by atoms with E-state index in [1.165, 1.54) is 26.9 Å². The summed E-state index contributed by atoms with van der Waals surface area (Å²) in [6, 6.07) is 21.7. The largest absolute Gasteiger partial charge is 0.381 e. The van der Waals surface area contributed by atoms with Gasteiger partial charge >= 0.3 is 0 Å². The second-order valence-electron chi connectivity index (χ2n) is 9.88. The monoisotopic (exact) mass is 602 g/mol. The molecule has 194 valence electrons. The summed E-state index contributed by atoms with van der Waals surface area (Å²) in [5, 5.41) is 11.4. The Morgan fingerprint density at radius 1 is 1.00 bits per heavy atom. The van der Waals surface area contributed by atoms with Crippen molar-refractivity contribution in [1.82, 2.24) is 9.21 Å². The maximum absolute atomic E-state index is 13.4. The van der Waals surface area contributed by atoms with Crippen molar-refractivity contribution in [2.24, 2.45) is 5.92 Å². The SMILES string of the molecule is O=C(c1cccc(S(=O)(=O)N2CCC(Cc3ccccc3)CC2)c1)N1CC(O)(c2ccc(Br)cc2Cl)C1. The Balaban J connectivity index is 1.23. The average Bonchev–Trinajstić information content (AvgIpc) is 2.87. The molecule has 0 atom stereocenters. The van der Waals surface area contributed by atoms with E-state index in [1.54, 1.807) is 30.3 Å². The predicted molar refractivity (Wildman–Crippen MR) is 147 cm³/mol. The number of halogens is 2. The molecule has 9 heteroatoms. The number of carbonyl (C=O) groups excluding carboxylic acids is 1. The Hall–Kier alpha value is -2.23. The van der Waals surface area contributed by atoms with Gasteiger partial charge in [0.1, 0.15) is 5.60 Å². The quantitative estimate of drug-likeness (QED) is 0.426. The number of hydrogen-bond donors (Lipinski definition) is 1. The van der Waals surface area contributed by atoms with Crippen molar-refractivity contribution in [2.45, 2.75) is 29.8 Å². The summed E-state index contributed by atoms with van der Waals surface area (Å²) in [6.45, 7) is 1.09. The van der Waals surface area contributed by atoms with Crippen LogP contribution in [0.4, 0.5) is 0 Å². The van der Waals surface area contributed by atoms with Crippen LogP contribution in [0.3, 0.4) is 0 Å². The van der Waals surface area contributed by atoms with E-state index < -0.39 is 15.6 Å². The van der Waals surface area contributed by atoms with Gasteiger partial charge in [0.15, 0.2) is 0 Å². The summed E-state index contributed by atoms with van der Waals surface area (Å²) in [7, 11) is -3.71. The molecule has 0 aromatic heterocycles. The molecule has 0 bridgehead atoms. The Morgan fingerprint density at radius 3 is 2.38 bits per heavy atom. The van der Waals surface area contributed by atoms with Crippen LogP contribution in [0.25, 0.3) is 0 Å². The van der Waals surface area contributed by atoms with Gasteiger partial charge in [-0.05, 0) is 61.1 Å². The van der Waals surface area contributed by atoms with Crippen LogP contribution in [0.1, 0.15) is 34.3 Å². The summed E-state index contributed by atoms with van der Waals surface area (Å²) < 4.78 is 29.1. The summed E-state index contributed by atoms with van der Waals surface area (Å²) >= 11 is 9.65. The molecule has 0 aliphatic carbocycles. The molecule has 0 spiro atoms. The van der Waals surface area contributed by atoms with Crippen LogP contribution in [0.15, 0.2) is 82.2 Å². The zero-order valence-corrected chi connectivity index (χ0v) is 23.3. The first kappa shape index (κ1) is 26.4. The van der Waals surface area contributed by atoms with Crippen molar-refractivity contribution in [1.29, 1.82) is 0 Å². The van der Waals surface area contributed by atoms with Crippen LogP contribution in [0.5, 0.6) is 0 Å². The minimum absolute atomic E-state index is 0.0824. The van der Waals surface area contributed by atoms with Crippen LogP contribution in [-0.2, 0) is 22.0 Å². The highest BCUT2D eigenvalue weighted by Crippen LogP contribution is 2.38. The van der Waals surface area contributed by atoms with Crippen LogP contribution >= 0.6 is 27.5 Å². The molecule has 0 radical (unpaired) electrons. The lowest BCUT2D eigenvalue weighted by Gasteiger charge is -2.47. The highest BCUT2D eigenvalue weighted by atomic mass is 79.9. The number of sulfonamides is 1. The molecule has 5 rings (SSSR count). The smallest absolute Gasteiger partial charge is 0.254 e. The molecule has 1 N–H and O–H groups in total. The van der Waals surface area contributed by atoms with E-state index in [2.05, 4.69) is 28.1 Å². The third-order valence-corrected chi connectivity index (χ3v) is 9.98. The van der Waals surface area contributed by atoms with E-state index in [9.17, 15) is 18.3 Å². The third kappa shape index (κ3) is 5.49. The number of carbonyl (C=O) groups is 1. The lowest BCUT2D eigenvalue weighted by molar-refractivity contribution is -0.0863. The molecule has 2 aliphatic heterocycles. The molecule has 0 saturated carbocycles. The van der Waals surface area contributed by atoms with Gasteiger partial charge in [0.05, 0.1) is 18.0 Å². The Morgan fingerprint density at radius 2 is 1.70 bits per heavy atom. The van der Waals surface area contributed by atoms with E-state index in [4.69, 9.17) is 11.6 Å². The number of β-amino-alcohol motifs (C(OH)–C–C–N with tert-alkyl or cyclic N) is 1. The van der Waals surface area contributed by atoms with Crippen LogP contribution in [0.2, 0.25) is 5.02 Å². The van der Waals surface area contributed by atoms with Crippen LogP contribution in [0, 0.1) is 5.92 Å². The van der Waals surface area contributed by atoms with Gasteiger partial charge in [0.25, 0.3) is 5.91 Å². The van der Waals surface area contributed by atoms with Crippen LogP contribution < -0.4 is 0 Å². The van der Waals surface area contributed by atoms with E-state index in [0.717, 1.165) is 23.7 Å². The second kappa shape index (κ2) is 10.5. The highest BCUT2D eigenvalue weighted by Gasteiger charge is 2.46. The number of rotatable bonds is 6. The Labute approximate surface area is 231 Å². The summed E-state index contributed by atoms with van der Waals surface area (Å²) in [4.78, 5) is 14.7. The average molecular weight is 604 g/mol. The highest BCUT2D eigenvalue weighted by molar-refractivity contribution is 9.10. The molecule has 0 unspecified atom stereocenters. The van der Waals surface area contributed by atoms with Crippen molar-refractivity contribution in [3.63, 3.8) is 0 Å². The van der Waals surface area contributed by atoms with Crippen molar-refractivity contribution in [3.8, 4) is 0 Å². The van der Waals surface area contributed by atoms with Gasteiger partial charge in [-0.2, -0.15) is 4.31 Å².